The van der Waals surface area contributed by atoms with Gasteiger partial charge in [0.15, 0.2) is 0 Å². The number of nitrogens with zero attached hydrogens (tertiary/aromatic N) is 2. The Morgan fingerprint density at radius 1 is 1.44 bits per heavy atom. The Kier molecular flexibility index (Phi) is 3.06. The van der Waals surface area contributed by atoms with Crippen LogP contribution in [0.1, 0.15) is 29.7 Å². The predicted molar refractivity (Wildman–Crippen MR) is 65.1 cm³/mol. The molecule has 16 heavy (non-hydrogen) atoms. The minimum Gasteiger partial charge on any atom is -0.324 e. The van der Waals surface area contributed by atoms with Gasteiger partial charge in [0, 0.05) is 17.8 Å². The van der Waals surface area contributed by atoms with Crippen molar-refractivity contribution in [2.75, 3.05) is 0 Å². The van der Waals surface area contributed by atoms with Gasteiger partial charge in [-0.2, -0.15) is 5.10 Å². The summed E-state index contributed by atoms with van der Waals surface area (Å²) in [5.74, 6) is 0. The van der Waals surface area contributed by atoms with Crippen LogP contribution in [0.15, 0.2) is 36.7 Å². The second kappa shape index (κ2) is 4.49. The fourth-order valence-electron chi connectivity index (χ4n) is 1.70. The third-order valence-corrected chi connectivity index (χ3v) is 2.61. The van der Waals surface area contributed by atoms with E-state index in [0.717, 1.165) is 12.1 Å². The molecule has 2 N–H and O–H groups in total. The highest BCUT2D eigenvalue weighted by molar-refractivity contribution is 5.22. The van der Waals surface area contributed by atoms with E-state index < -0.39 is 0 Å². The Hall–Kier alpha value is -1.61. The second-order valence-corrected chi connectivity index (χ2v) is 4.25. The van der Waals surface area contributed by atoms with E-state index in [1.165, 1.54) is 11.1 Å². The Labute approximate surface area is 95.9 Å². The maximum absolute atomic E-state index is 5.79. The first-order chi connectivity index (χ1) is 7.65. The van der Waals surface area contributed by atoms with Gasteiger partial charge in [0.1, 0.15) is 0 Å². The lowest BCUT2D eigenvalue weighted by molar-refractivity contribution is 0.684. The summed E-state index contributed by atoms with van der Waals surface area (Å²) in [4.78, 5) is 0. The van der Waals surface area contributed by atoms with Crippen LogP contribution in [-0.4, -0.2) is 9.78 Å². The highest BCUT2D eigenvalue weighted by Crippen LogP contribution is 2.10. The lowest BCUT2D eigenvalue weighted by Gasteiger charge is -2.03. The molecule has 0 aliphatic carbocycles. The van der Waals surface area contributed by atoms with Gasteiger partial charge in [0.05, 0.1) is 12.7 Å². The molecule has 0 aliphatic rings. The summed E-state index contributed by atoms with van der Waals surface area (Å²) in [6.07, 6.45) is 3.84. The molecule has 0 saturated carbocycles. The number of rotatable bonds is 3. The van der Waals surface area contributed by atoms with Crippen LogP contribution < -0.4 is 5.73 Å². The van der Waals surface area contributed by atoms with E-state index in [2.05, 4.69) is 36.3 Å². The predicted octanol–water partition coefficient (Wildman–Crippen LogP) is 2.26. The van der Waals surface area contributed by atoms with Crippen LogP contribution in [0.5, 0.6) is 0 Å². The molecule has 1 unspecified atom stereocenters. The van der Waals surface area contributed by atoms with Gasteiger partial charge in [-0.3, -0.25) is 4.68 Å². The van der Waals surface area contributed by atoms with Crippen LogP contribution in [0.2, 0.25) is 0 Å². The molecule has 0 saturated heterocycles. The SMILES string of the molecule is Cc1cccc(Cn2cc(C(C)N)cn2)c1. The summed E-state index contributed by atoms with van der Waals surface area (Å²) < 4.78 is 1.92. The number of hydrogen-bond acceptors (Lipinski definition) is 2. The molecule has 84 valence electrons. The minimum absolute atomic E-state index is 0.0475. The van der Waals surface area contributed by atoms with Crippen molar-refractivity contribution in [1.29, 1.82) is 0 Å². The summed E-state index contributed by atoms with van der Waals surface area (Å²) in [5.41, 5.74) is 9.41. The molecule has 0 amide bonds. The third-order valence-electron chi connectivity index (χ3n) is 2.61. The van der Waals surface area contributed by atoms with Gasteiger partial charge in [0.2, 0.25) is 0 Å². The molecule has 2 rings (SSSR count). The maximum atomic E-state index is 5.79. The Bertz CT molecular complexity index is 472. The molecule has 1 atom stereocenters. The zero-order valence-electron chi connectivity index (χ0n) is 9.72. The Morgan fingerprint density at radius 2 is 2.25 bits per heavy atom. The first kappa shape index (κ1) is 10.9. The van der Waals surface area contributed by atoms with Crippen molar-refractivity contribution >= 4 is 0 Å². The molecule has 3 heteroatoms. The third kappa shape index (κ3) is 2.49. The molecule has 0 fully saturated rings. The van der Waals surface area contributed by atoms with Crippen LogP contribution in [0.25, 0.3) is 0 Å². The van der Waals surface area contributed by atoms with E-state index in [9.17, 15) is 0 Å². The molecular formula is C13H17N3. The zero-order valence-corrected chi connectivity index (χ0v) is 9.72. The van der Waals surface area contributed by atoms with Crippen molar-refractivity contribution in [3.8, 4) is 0 Å². The van der Waals surface area contributed by atoms with Gasteiger partial charge in [-0.05, 0) is 19.4 Å². The molecule has 0 aliphatic heterocycles. The van der Waals surface area contributed by atoms with E-state index in [1.807, 2.05) is 24.0 Å². The number of aromatic nitrogens is 2. The fourth-order valence-corrected chi connectivity index (χ4v) is 1.70. The summed E-state index contributed by atoms with van der Waals surface area (Å²) in [6, 6.07) is 8.50. The first-order valence-corrected chi connectivity index (χ1v) is 5.48. The van der Waals surface area contributed by atoms with Gasteiger partial charge in [0.25, 0.3) is 0 Å². The number of nitrogens with two attached hydrogens (primary N) is 1. The van der Waals surface area contributed by atoms with Crippen molar-refractivity contribution in [2.45, 2.75) is 26.4 Å². The molecule has 1 heterocycles. The van der Waals surface area contributed by atoms with Gasteiger partial charge >= 0.3 is 0 Å². The van der Waals surface area contributed by atoms with Crippen LogP contribution in [0.4, 0.5) is 0 Å². The highest BCUT2D eigenvalue weighted by Gasteiger charge is 2.03. The van der Waals surface area contributed by atoms with E-state index in [1.54, 1.807) is 0 Å². The van der Waals surface area contributed by atoms with Crippen molar-refractivity contribution < 1.29 is 0 Å². The van der Waals surface area contributed by atoms with Gasteiger partial charge in [-0.1, -0.05) is 29.8 Å². The highest BCUT2D eigenvalue weighted by atomic mass is 15.3. The van der Waals surface area contributed by atoms with Crippen LogP contribution >= 0.6 is 0 Å². The van der Waals surface area contributed by atoms with Crippen LogP contribution in [0.3, 0.4) is 0 Å². The second-order valence-electron chi connectivity index (χ2n) is 4.25. The fraction of sp³-hybridized carbons (Fsp3) is 0.308. The molecule has 1 aromatic carbocycles. The van der Waals surface area contributed by atoms with Crippen molar-refractivity contribution in [3.05, 3.63) is 53.3 Å². The normalized spacial score (nSPS) is 12.7. The summed E-state index contributed by atoms with van der Waals surface area (Å²) in [5, 5.41) is 4.30. The molecule has 0 radical (unpaired) electrons. The van der Waals surface area contributed by atoms with E-state index in [4.69, 9.17) is 5.73 Å². The van der Waals surface area contributed by atoms with Gasteiger partial charge in [-0.15, -0.1) is 0 Å². The van der Waals surface area contributed by atoms with E-state index in [-0.39, 0.29) is 6.04 Å². The molecule has 0 spiro atoms. The quantitative estimate of drug-likeness (QED) is 0.853. The maximum Gasteiger partial charge on any atom is 0.0659 e. The molecule has 0 bridgehead atoms. The molecule has 1 aromatic heterocycles. The van der Waals surface area contributed by atoms with Crippen molar-refractivity contribution in [3.63, 3.8) is 0 Å². The standard InChI is InChI=1S/C13H17N3/c1-10-4-3-5-12(6-10)8-16-9-13(7-15-16)11(2)14/h3-7,9,11H,8,14H2,1-2H3. The van der Waals surface area contributed by atoms with Crippen LogP contribution in [0, 0.1) is 6.92 Å². The topological polar surface area (TPSA) is 43.8 Å². The average Bonchev–Trinajstić information content (AvgIpc) is 2.66. The first-order valence-electron chi connectivity index (χ1n) is 5.48. The summed E-state index contributed by atoms with van der Waals surface area (Å²) in [6.45, 7) is 4.86. The smallest absolute Gasteiger partial charge is 0.0659 e. The van der Waals surface area contributed by atoms with Crippen LogP contribution in [-0.2, 0) is 6.54 Å². The largest absolute Gasteiger partial charge is 0.324 e. The number of aryl methyl sites for hydroxylation is 1. The van der Waals surface area contributed by atoms with Crippen molar-refractivity contribution in [1.82, 2.24) is 9.78 Å². The monoisotopic (exact) mass is 215 g/mol. The zero-order chi connectivity index (χ0) is 11.5. The van der Waals surface area contributed by atoms with E-state index >= 15 is 0 Å². The summed E-state index contributed by atoms with van der Waals surface area (Å²) >= 11 is 0. The lowest BCUT2D eigenvalue weighted by atomic mass is 10.1. The Balaban J connectivity index is 2.14. The minimum atomic E-state index is 0.0475. The van der Waals surface area contributed by atoms with E-state index in [0.29, 0.717) is 0 Å². The Morgan fingerprint density at radius 3 is 2.88 bits per heavy atom. The average molecular weight is 215 g/mol. The number of benzene rings is 1. The molecule has 2 aromatic rings. The van der Waals surface area contributed by atoms with Gasteiger partial charge in [-0.25, -0.2) is 0 Å². The van der Waals surface area contributed by atoms with Crippen molar-refractivity contribution in [2.24, 2.45) is 5.73 Å². The van der Waals surface area contributed by atoms with Gasteiger partial charge < -0.3 is 5.73 Å². The lowest BCUT2D eigenvalue weighted by Crippen LogP contribution is -2.04. The number of hydrogen-bond donors (Lipinski definition) is 1. The summed E-state index contributed by atoms with van der Waals surface area (Å²) in [7, 11) is 0. The molecule has 3 nitrogen and oxygen atoms in total. The molecular weight excluding hydrogens is 198 g/mol.